The Bertz CT molecular complexity index is 549. The smallest absolute Gasteiger partial charge is 0.314 e. The molecule has 2 rings (SSSR count). The molecule has 0 bridgehead atoms. The molecule has 1 aromatic carbocycles. The highest BCUT2D eigenvalue weighted by molar-refractivity contribution is 6.74. The molecule has 0 radical (unpaired) electrons. The molecule has 23 heavy (non-hydrogen) atoms. The minimum atomic E-state index is -1.86. The summed E-state index contributed by atoms with van der Waals surface area (Å²) >= 11 is 0. The highest BCUT2D eigenvalue weighted by Gasteiger charge is 2.42. The zero-order valence-corrected chi connectivity index (χ0v) is 16.1. The molecule has 1 aliphatic carbocycles. The van der Waals surface area contributed by atoms with Gasteiger partial charge in [-0.1, -0.05) is 52.2 Å². The summed E-state index contributed by atoms with van der Waals surface area (Å²) in [7, 11) is -1.86. The third kappa shape index (κ3) is 3.63. The van der Waals surface area contributed by atoms with Crippen molar-refractivity contribution in [2.45, 2.75) is 76.4 Å². The summed E-state index contributed by atoms with van der Waals surface area (Å²) in [5.74, 6) is 0.173. The highest BCUT2D eigenvalue weighted by Crippen LogP contribution is 2.41. The Labute approximate surface area is 141 Å². The first-order valence-electron chi connectivity index (χ1n) is 8.61. The second-order valence-electron chi connectivity index (χ2n) is 8.33. The van der Waals surface area contributed by atoms with Crippen molar-refractivity contribution in [2.75, 3.05) is 0 Å². The van der Waals surface area contributed by atoms with E-state index in [0.717, 1.165) is 43.4 Å². The fraction of sp³-hybridized carbons (Fsp3) is 0.632. The number of carboxylic acids is 1. The summed E-state index contributed by atoms with van der Waals surface area (Å²) in [6, 6.07) is 7.83. The van der Waals surface area contributed by atoms with Gasteiger partial charge in [-0.25, -0.2) is 0 Å². The SMILES string of the molecule is CC(C)(C)[Si](C)(C)Oc1ccc(C2(C(=O)O)CCCCC2)cc1. The number of rotatable bonds is 4. The summed E-state index contributed by atoms with van der Waals surface area (Å²) in [4.78, 5) is 11.9. The van der Waals surface area contributed by atoms with Crippen molar-refractivity contribution in [2.24, 2.45) is 0 Å². The van der Waals surface area contributed by atoms with Gasteiger partial charge in [-0.3, -0.25) is 4.79 Å². The van der Waals surface area contributed by atoms with Crippen LogP contribution in [0.15, 0.2) is 24.3 Å². The Kier molecular flexibility index (Phi) is 4.95. The van der Waals surface area contributed by atoms with Gasteiger partial charge in [0, 0.05) is 0 Å². The zero-order chi connectivity index (χ0) is 17.3. The monoisotopic (exact) mass is 334 g/mol. The summed E-state index contributed by atoms with van der Waals surface area (Å²) in [5, 5.41) is 9.93. The number of hydrogen-bond donors (Lipinski definition) is 1. The van der Waals surface area contributed by atoms with Crippen molar-refractivity contribution in [1.82, 2.24) is 0 Å². The van der Waals surface area contributed by atoms with E-state index in [-0.39, 0.29) is 5.04 Å². The van der Waals surface area contributed by atoms with Crippen molar-refractivity contribution in [1.29, 1.82) is 0 Å². The van der Waals surface area contributed by atoms with E-state index in [9.17, 15) is 9.90 Å². The first-order valence-corrected chi connectivity index (χ1v) is 11.5. The van der Waals surface area contributed by atoms with Crippen LogP contribution in [-0.4, -0.2) is 19.4 Å². The lowest BCUT2D eigenvalue weighted by molar-refractivity contribution is -0.145. The minimum Gasteiger partial charge on any atom is -0.544 e. The molecule has 0 aromatic heterocycles. The van der Waals surface area contributed by atoms with Crippen LogP contribution in [0.4, 0.5) is 0 Å². The molecular formula is C19H30O3Si. The number of aliphatic carboxylic acids is 1. The molecule has 3 nitrogen and oxygen atoms in total. The molecule has 1 N–H and O–H groups in total. The Hall–Kier alpha value is -1.29. The summed E-state index contributed by atoms with van der Waals surface area (Å²) in [6.07, 6.45) is 4.61. The summed E-state index contributed by atoms with van der Waals surface area (Å²) in [6.45, 7) is 11.1. The molecule has 0 amide bonds. The van der Waals surface area contributed by atoms with E-state index in [1.807, 2.05) is 24.3 Å². The maximum atomic E-state index is 11.9. The molecule has 128 valence electrons. The fourth-order valence-electron chi connectivity index (χ4n) is 3.07. The van der Waals surface area contributed by atoms with Gasteiger partial charge in [0.15, 0.2) is 0 Å². The third-order valence-corrected chi connectivity index (χ3v) is 10.1. The maximum Gasteiger partial charge on any atom is 0.314 e. The standard InChI is InChI=1S/C19H30O3Si/c1-18(2,3)23(4,5)22-16-11-9-15(10-12-16)19(17(20)21)13-7-6-8-14-19/h9-12H,6-8,13-14H2,1-5H3,(H,20,21). The molecule has 1 saturated carbocycles. The normalized spacial score (nSPS) is 18.5. The third-order valence-electron chi connectivity index (χ3n) is 5.70. The van der Waals surface area contributed by atoms with Crippen LogP contribution in [0.5, 0.6) is 5.75 Å². The van der Waals surface area contributed by atoms with Crippen molar-refractivity contribution < 1.29 is 14.3 Å². The molecule has 0 aliphatic heterocycles. The molecule has 1 aliphatic rings. The van der Waals surface area contributed by atoms with Crippen LogP contribution in [0.1, 0.15) is 58.4 Å². The summed E-state index contributed by atoms with van der Waals surface area (Å²) < 4.78 is 6.29. The largest absolute Gasteiger partial charge is 0.544 e. The van der Waals surface area contributed by atoms with E-state index in [0.29, 0.717) is 0 Å². The minimum absolute atomic E-state index is 0.150. The lowest BCUT2D eigenvalue weighted by Gasteiger charge is -2.37. The number of benzene rings is 1. The van der Waals surface area contributed by atoms with E-state index in [4.69, 9.17) is 4.43 Å². The Morgan fingerprint density at radius 2 is 1.61 bits per heavy atom. The van der Waals surface area contributed by atoms with E-state index >= 15 is 0 Å². The van der Waals surface area contributed by atoms with Crippen molar-refractivity contribution in [3.63, 3.8) is 0 Å². The van der Waals surface area contributed by atoms with Gasteiger partial charge in [-0.05, 0) is 48.7 Å². The molecule has 0 unspecified atom stereocenters. The van der Waals surface area contributed by atoms with E-state index in [1.54, 1.807) is 0 Å². The quantitative estimate of drug-likeness (QED) is 0.754. The van der Waals surface area contributed by atoms with Crippen LogP contribution >= 0.6 is 0 Å². The molecule has 4 heteroatoms. The average Bonchev–Trinajstić information content (AvgIpc) is 2.47. The van der Waals surface area contributed by atoms with Crippen LogP contribution in [0.2, 0.25) is 18.1 Å². The fourth-order valence-corrected chi connectivity index (χ4v) is 4.10. The van der Waals surface area contributed by atoms with Crippen LogP contribution in [-0.2, 0) is 10.2 Å². The topological polar surface area (TPSA) is 46.5 Å². The van der Waals surface area contributed by atoms with Crippen molar-refractivity contribution in [3.05, 3.63) is 29.8 Å². The van der Waals surface area contributed by atoms with Gasteiger partial charge in [-0.2, -0.15) is 0 Å². The molecule has 1 fully saturated rings. The number of carbonyl (C=O) groups is 1. The lowest BCUT2D eigenvalue weighted by Crippen LogP contribution is -2.43. The molecule has 0 atom stereocenters. The van der Waals surface area contributed by atoms with Gasteiger partial charge in [0.05, 0.1) is 5.41 Å². The van der Waals surface area contributed by atoms with Gasteiger partial charge in [0.1, 0.15) is 5.75 Å². The highest BCUT2D eigenvalue weighted by atomic mass is 28.4. The van der Waals surface area contributed by atoms with Gasteiger partial charge in [-0.15, -0.1) is 0 Å². The first kappa shape index (κ1) is 18.1. The van der Waals surface area contributed by atoms with Crippen LogP contribution in [0.3, 0.4) is 0 Å². The molecule has 1 aromatic rings. The van der Waals surface area contributed by atoms with Gasteiger partial charge in [0.25, 0.3) is 0 Å². The van der Waals surface area contributed by atoms with E-state index in [2.05, 4.69) is 33.9 Å². The number of carboxylic acid groups (broad SMARTS) is 1. The lowest BCUT2D eigenvalue weighted by atomic mass is 9.69. The predicted molar refractivity (Wildman–Crippen MR) is 96.7 cm³/mol. The first-order chi connectivity index (χ1) is 10.6. The zero-order valence-electron chi connectivity index (χ0n) is 15.1. The Morgan fingerprint density at radius 1 is 1.09 bits per heavy atom. The molecule has 0 heterocycles. The summed E-state index contributed by atoms with van der Waals surface area (Å²) in [5.41, 5.74) is 0.223. The second-order valence-corrected chi connectivity index (χ2v) is 13.1. The maximum absolute atomic E-state index is 11.9. The van der Waals surface area contributed by atoms with Crippen LogP contribution in [0.25, 0.3) is 0 Å². The predicted octanol–water partition coefficient (Wildman–Crippen LogP) is 5.36. The second kappa shape index (κ2) is 6.31. The Morgan fingerprint density at radius 3 is 2.04 bits per heavy atom. The molecule has 0 spiro atoms. The van der Waals surface area contributed by atoms with Crippen molar-refractivity contribution >= 4 is 14.3 Å². The molecular weight excluding hydrogens is 304 g/mol. The van der Waals surface area contributed by atoms with Crippen LogP contribution in [0, 0.1) is 0 Å². The van der Waals surface area contributed by atoms with E-state index in [1.165, 1.54) is 0 Å². The van der Waals surface area contributed by atoms with Gasteiger partial charge < -0.3 is 9.53 Å². The van der Waals surface area contributed by atoms with E-state index < -0.39 is 19.7 Å². The van der Waals surface area contributed by atoms with Gasteiger partial charge in [0.2, 0.25) is 8.32 Å². The average molecular weight is 335 g/mol. The van der Waals surface area contributed by atoms with Gasteiger partial charge >= 0.3 is 5.97 Å². The van der Waals surface area contributed by atoms with Crippen LogP contribution < -0.4 is 4.43 Å². The number of hydrogen-bond acceptors (Lipinski definition) is 2. The molecule has 0 saturated heterocycles. The van der Waals surface area contributed by atoms with Crippen molar-refractivity contribution in [3.8, 4) is 5.75 Å². The Balaban J connectivity index is 2.23.